The van der Waals surface area contributed by atoms with E-state index in [2.05, 4.69) is 16.8 Å². The van der Waals surface area contributed by atoms with Crippen molar-refractivity contribution in [3.05, 3.63) is 47.4 Å². The van der Waals surface area contributed by atoms with Gasteiger partial charge >= 0.3 is 0 Å². The van der Waals surface area contributed by atoms with Crippen LogP contribution in [0, 0.1) is 5.82 Å². The quantitative estimate of drug-likeness (QED) is 0.625. The first-order chi connectivity index (χ1) is 13.2. The van der Waals surface area contributed by atoms with Crippen LogP contribution in [0.2, 0.25) is 0 Å². The molecule has 2 heterocycles. The number of fused-ring (bicyclic) bond motifs is 1. The minimum Gasteiger partial charge on any atom is -0.340 e. The minimum absolute atomic E-state index is 0.195. The van der Waals surface area contributed by atoms with Crippen molar-refractivity contribution in [2.24, 2.45) is 0 Å². The summed E-state index contributed by atoms with van der Waals surface area (Å²) in [6, 6.07) is 6.73. The van der Waals surface area contributed by atoms with Crippen molar-refractivity contribution in [1.82, 2.24) is 14.3 Å². The van der Waals surface area contributed by atoms with Crippen LogP contribution in [0.3, 0.4) is 0 Å². The van der Waals surface area contributed by atoms with Crippen molar-refractivity contribution >= 4 is 22.2 Å². The molecule has 2 aromatic heterocycles. The molecule has 0 bridgehead atoms. The average Bonchev–Trinajstić information content (AvgIpc) is 3.26. The predicted octanol–water partition coefficient (Wildman–Crippen LogP) is 4.93. The molecule has 1 aliphatic carbocycles. The lowest BCUT2D eigenvalue weighted by Gasteiger charge is -2.33. The standard InChI is InChI=1S/C21H24FN3OS/c1-2-24(17-6-4-3-5-7-17)20(26)12-18-14-27-21-23-19(13-25(18)21)15-8-10-16(22)11-9-15/h8-11,13-14,17H,2-7,12H2,1H3. The molecule has 4 rings (SSSR count). The topological polar surface area (TPSA) is 37.6 Å². The Morgan fingerprint density at radius 2 is 2.00 bits per heavy atom. The van der Waals surface area contributed by atoms with Crippen molar-refractivity contribution in [3.8, 4) is 11.3 Å². The number of aromatic nitrogens is 2. The molecule has 0 saturated heterocycles. The zero-order chi connectivity index (χ0) is 18.8. The summed E-state index contributed by atoms with van der Waals surface area (Å²) in [4.78, 5) is 20.5. The van der Waals surface area contributed by atoms with Crippen molar-refractivity contribution in [2.45, 2.75) is 51.5 Å². The van der Waals surface area contributed by atoms with E-state index in [1.54, 1.807) is 12.1 Å². The maximum Gasteiger partial charge on any atom is 0.228 e. The lowest BCUT2D eigenvalue weighted by Crippen LogP contribution is -2.42. The number of thiazole rings is 1. The number of amides is 1. The first-order valence-corrected chi connectivity index (χ1v) is 10.5. The molecule has 1 aliphatic rings. The molecule has 0 atom stereocenters. The Bertz CT molecular complexity index is 925. The van der Waals surface area contributed by atoms with Gasteiger partial charge in [0, 0.05) is 35.4 Å². The number of hydrogen-bond acceptors (Lipinski definition) is 3. The Morgan fingerprint density at radius 3 is 2.70 bits per heavy atom. The van der Waals surface area contributed by atoms with Crippen LogP contribution < -0.4 is 0 Å². The van der Waals surface area contributed by atoms with Crippen LogP contribution in [-0.2, 0) is 11.2 Å². The number of rotatable bonds is 5. The summed E-state index contributed by atoms with van der Waals surface area (Å²) in [7, 11) is 0. The van der Waals surface area contributed by atoms with E-state index in [4.69, 9.17) is 0 Å². The molecule has 1 aromatic carbocycles. The highest BCUT2D eigenvalue weighted by atomic mass is 32.1. The van der Waals surface area contributed by atoms with E-state index in [1.807, 2.05) is 16.0 Å². The third-order valence-corrected chi connectivity index (χ3v) is 6.32. The highest BCUT2D eigenvalue weighted by molar-refractivity contribution is 7.15. The Balaban J connectivity index is 1.54. The molecule has 142 valence electrons. The van der Waals surface area contributed by atoms with Crippen molar-refractivity contribution in [3.63, 3.8) is 0 Å². The van der Waals surface area contributed by atoms with Gasteiger partial charge in [-0.25, -0.2) is 9.37 Å². The van der Waals surface area contributed by atoms with Gasteiger partial charge in [0.05, 0.1) is 12.1 Å². The number of halogens is 1. The maximum absolute atomic E-state index is 13.2. The second kappa shape index (κ2) is 7.80. The van der Waals surface area contributed by atoms with Crippen LogP contribution in [0.5, 0.6) is 0 Å². The van der Waals surface area contributed by atoms with Gasteiger partial charge in [-0.15, -0.1) is 11.3 Å². The van der Waals surface area contributed by atoms with E-state index in [9.17, 15) is 9.18 Å². The molecule has 1 fully saturated rings. The van der Waals surface area contributed by atoms with Crippen LogP contribution in [0.1, 0.15) is 44.7 Å². The SMILES string of the molecule is CCN(C(=O)Cc1csc2nc(-c3ccc(F)cc3)cn12)C1CCCCC1. The second-order valence-electron chi connectivity index (χ2n) is 7.16. The molecule has 1 saturated carbocycles. The molecule has 0 N–H and O–H groups in total. The van der Waals surface area contributed by atoms with Crippen molar-refractivity contribution in [2.75, 3.05) is 6.54 Å². The first-order valence-electron chi connectivity index (χ1n) is 9.66. The molecule has 0 spiro atoms. The van der Waals surface area contributed by atoms with Gasteiger partial charge in [-0.3, -0.25) is 9.20 Å². The molecular weight excluding hydrogens is 361 g/mol. The van der Waals surface area contributed by atoms with Gasteiger partial charge in [-0.2, -0.15) is 0 Å². The largest absolute Gasteiger partial charge is 0.340 e. The summed E-state index contributed by atoms with van der Waals surface area (Å²) in [6.45, 7) is 2.83. The van der Waals surface area contributed by atoms with Crippen LogP contribution in [-0.4, -0.2) is 32.8 Å². The number of likely N-dealkylation sites (N-methyl/N-ethyl adjacent to an activating group) is 1. The van der Waals surface area contributed by atoms with Crippen molar-refractivity contribution < 1.29 is 9.18 Å². The summed E-state index contributed by atoms with van der Waals surface area (Å²) in [5.41, 5.74) is 2.65. The fourth-order valence-electron chi connectivity index (χ4n) is 4.00. The average molecular weight is 386 g/mol. The second-order valence-corrected chi connectivity index (χ2v) is 8.00. The molecule has 0 radical (unpaired) electrons. The molecule has 4 nitrogen and oxygen atoms in total. The monoisotopic (exact) mass is 385 g/mol. The first kappa shape index (κ1) is 18.2. The Hall–Kier alpha value is -2.21. The smallest absolute Gasteiger partial charge is 0.228 e. The Labute approximate surface area is 162 Å². The number of carbonyl (C=O) groups excluding carboxylic acids is 1. The van der Waals surface area contributed by atoms with Gasteiger partial charge in [-0.05, 0) is 44.0 Å². The van der Waals surface area contributed by atoms with Crippen LogP contribution >= 0.6 is 11.3 Å². The molecular formula is C21H24FN3OS. The van der Waals surface area contributed by atoms with Crippen LogP contribution in [0.15, 0.2) is 35.8 Å². The zero-order valence-corrected chi connectivity index (χ0v) is 16.3. The molecule has 6 heteroatoms. The van der Waals surface area contributed by atoms with Crippen molar-refractivity contribution in [1.29, 1.82) is 0 Å². The lowest BCUT2D eigenvalue weighted by molar-refractivity contribution is -0.133. The zero-order valence-electron chi connectivity index (χ0n) is 15.5. The number of imidazole rings is 1. The third-order valence-electron chi connectivity index (χ3n) is 5.43. The summed E-state index contributed by atoms with van der Waals surface area (Å²) < 4.78 is 15.1. The molecule has 3 aromatic rings. The number of hydrogen-bond donors (Lipinski definition) is 0. The van der Waals surface area contributed by atoms with Gasteiger partial charge in [0.2, 0.25) is 5.91 Å². The number of carbonyl (C=O) groups is 1. The van der Waals surface area contributed by atoms with Gasteiger partial charge < -0.3 is 4.90 Å². The fourth-order valence-corrected chi connectivity index (χ4v) is 4.88. The summed E-state index contributed by atoms with van der Waals surface area (Å²) >= 11 is 1.54. The molecule has 27 heavy (non-hydrogen) atoms. The number of nitrogens with zero attached hydrogens (tertiary/aromatic N) is 3. The summed E-state index contributed by atoms with van der Waals surface area (Å²) in [5, 5.41) is 2.02. The minimum atomic E-state index is -0.256. The highest BCUT2D eigenvalue weighted by Crippen LogP contribution is 2.26. The van der Waals surface area contributed by atoms with E-state index in [0.717, 1.165) is 41.3 Å². The Morgan fingerprint density at radius 1 is 1.26 bits per heavy atom. The highest BCUT2D eigenvalue weighted by Gasteiger charge is 2.25. The van der Waals surface area contributed by atoms with Crippen LogP contribution in [0.25, 0.3) is 16.2 Å². The Kier molecular flexibility index (Phi) is 5.25. The van der Waals surface area contributed by atoms with Gasteiger partial charge in [0.1, 0.15) is 5.82 Å². The maximum atomic E-state index is 13.2. The van der Waals surface area contributed by atoms with E-state index in [-0.39, 0.29) is 11.7 Å². The summed E-state index contributed by atoms with van der Waals surface area (Å²) in [5.74, 6) is -0.0606. The molecule has 0 aliphatic heterocycles. The summed E-state index contributed by atoms with van der Waals surface area (Å²) in [6.07, 6.45) is 8.31. The molecule has 0 unspecified atom stereocenters. The predicted molar refractivity (Wildman–Crippen MR) is 106 cm³/mol. The van der Waals surface area contributed by atoms with E-state index in [0.29, 0.717) is 12.5 Å². The normalized spacial score (nSPS) is 15.3. The fraction of sp³-hybridized carbons (Fsp3) is 0.429. The van der Waals surface area contributed by atoms with Gasteiger partial charge in [0.25, 0.3) is 0 Å². The lowest BCUT2D eigenvalue weighted by atomic mass is 9.94. The van der Waals surface area contributed by atoms with Crippen LogP contribution in [0.4, 0.5) is 4.39 Å². The van der Waals surface area contributed by atoms with Gasteiger partial charge in [-0.1, -0.05) is 19.3 Å². The number of benzene rings is 1. The van der Waals surface area contributed by atoms with Gasteiger partial charge in [0.15, 0.2) is 4.96 Å². The third kappa shape index (κ3) is 3.76. The van der Waals surface area contributed by atoms with E-state index in [1.165, 1.54) is 42.7 Å². The van der Waals surface area contributed by atoms with E-state index < -0.39 is 0 Å². The van der Waals surface area contributed by atoms with E-state index >= 15 is 0 Å². The molecule has 1 amide bonds.